The van der Waals surface area contributed by atoms with Crippen LogP contribution >= 0.6 is 0 Å². The number of anilines is 1. The van der Waals surface area contributed by atoms with Gasteiger partial charge in [0.1, 0.15) is 12.4 Å². The summed E-state index contributed by atoms with van der Waals surface area (Å²) in [6.45, 7) is 2.77. The molecule has 0 saturated heterocycles. The van der Waals surface area contributed by atoms with Gasteiger partial charge in [-0.3, -0.25) is 0 Å². The lowest BCUT2D eigenvalue weighted by molar-refractivity contribution is 0.185. The van der Waals surface area contributed by atoms with E-state index in [1.165, 1.54) is 0 Å². The summed E-state index contributed by atoms with van der Waals surface area (Å²) in [6, 6.07) is 15.6. The maximum atomic E-state index is 12.5. The van der Waals surface area contributed by atoms with Crippen molar-refractivity contribution in [2.45, 2.75) is 32.4 Å². The van der Waals surface area contributed by atoms with Gasteiger partial charge < -0.3 is 20.1 Å². The van der Waals surface area contributed by atoms with Crippen LogP contribution in [0.4, 0.5) is 10.5 Å². The molecule has 5 heteroatoms. The van der Waals surface area contributed by atoms with Crippen molar-refractivity contribution >= 4 is 11.7 Å². The van der Waals surface area contributed by atoms with E-state index < -0.39 is 0 Å². The van der Waals surface area contributed by atoms with Gasteiger partial charge in [-0.05, 0) is 49.1 Å². The molecule has 1 fully saturated rings. The normalized spacial score (nSPS) is 13.4. The smallest absolute Gasteiger partial charge is 0.322 e. The van der Waals surface area contributed by atoms with E-state index in [0.29, 0.717) is 13.2 Å². The average molecular weight is 340 g/mol. The van der Waals surface area contributed by atoms with Gasteiger partial charge >= 0.3 is 6.03 Å². The molecular weight excluding hydrogens is 316 g/mol. The Morgan fingerprint density at radius 3 is 2.64 bits per heavy atom. The van der Waals surface area contributed by atoms with Crippen molar-refractivity contribution in [1.82, 2.24) is 4.90 Å². The second-order valence-corrected chi connectivity index (χ2v) is 6.27. The van der Waals surface area contributed by atoms with Crippen molar-refractivity contribution in [2.75, 3.05) is 18.5 Å². The molecule has 0 unspecified atom stereocenters. The van der Waals surface area contributed by atoms with Crippen molar-refractivity contribution < 1.29 is 14.6 Å². The molecular formula is C20H24N2O3. The first-order valence-corrected chi connectivity index (χ1v) is 8.64. The van der Waals surface area contributed by atoms with Crippen molar-refractivity contribution in [2.24, 2.45) is 0 Å². The van der Waals surface area contributed by atoms with Gasteiger partial charge in [0.15, 0.2) is 0 Å². The van der Waals surface area contributed by atoms with Gasteiger partial charge in [-0.1, -0.05) is 30.3 Å². The third-order valence-electron chi connectivity index (χ3n) is 4.41. The molecule has 1 aliphatic carbocycles. The van der Waals surface area contributed by atoms with Crippen LogP contribution in [0.25, 0.3) is 0 Å². The zero-order valence-electron chi connectivity index (χ0n) is 14.4. The van der Waals surface area contributed by atoms with Crippen molar-refractivity contribution in [3.05, 3.63) is 59.7 Å². The number of nitrogens with one attached hydrogen (secondary N) is 1. The Balaban J connectivity index is 1.66. The average Bonchev–Trinajstić information content (AvgIpc) is 3.46. The first-order valence-electron chi connectivity index (χ1n) is 8.64. The summed E-state index contributed by atoms with van der Waals surface area (Å²) in [7, 11) is 0. The number of ether oxygens (including phenoxy) is 1. The highest BCUT2D eigenvalue weighted by molar-refractivity contribution is 5.90. The van der Waals surface area contributed by atoms with Crippen LogP contribution in [0.5, 0.6) is 5.75 Å². The zero-order chi connectivity index (χ0) is 17.6. The molecule has 0 bridgehead atoms. The fourth-order valence-corrected chi connectivity index (χ4v) is 2.78. The van der Waals surface area contributed by atoms with Crippen LogP contribution < -0.4 is 10.1 Å². The molecule has 3 rings (SSSR count). The van der Waals surface area contributed by atoms with E-state index in [4.69, 9.17) is 9.84 Å². The quantitative estimate of drug-likeness (QED) is 0.810. The topological polar surface area (TPSA) is 61.8 Å². The zero-order valence-corrected chi connectivity index (χ0v) is 14.4. The molecule has 0 heterocycles. The molecule has 25 heavy (non-hydrogen) atoms. The number of hydrogen-bond donors (Lipinski definition) is 2. The summed E-state index contributed by atoms with van der Waals surface area (Å²) in [5.41, 5.74) is 2.80. The first-order chi connectivity index (χ1) is 12.2. The predicted molar refractivity (Wildman–Crippen MR) is 97.8 cm³/mol. The largest absolute Gasteiger partial charge is 0.489 e. The number of benzene rings is 2. The summed E-state index contributed by atoms with van der Waals surface area (Å²) < 4.78 is 5.81. The van der Waals surface area contributed by atoms with E-state index in [-0.39, 0.29) is 18.7 Å². The molecule has 5 nitrogen and oxygen atoms in total. The number of carbonyl (C=O) groups is 1. The van der Waals surface area contributed by atoms with Gasteiger partial charge in [0.2, 0.25) is 0 Å². The lowest BCUT2D eigenvalue weighted by atomic mass is 10.1. The van der Waals surface area contributed by atoms with Crippen molar-refractivity contribution in [3.8, 4) is 5.75 Å². The van der Waals surface area contributed by atoms with Gasteiger partial charge in [-0.2, -0.15) is 0 Å². The highest BCUT2D eigenvalue weighted by Crippen LogP contribution is 2.28. The van der Waals surface area contributed by atoms with Gasteiger partial charge in [0, 0.05) is 18.3 Å². The van der Waals surface area contributed by atoms with Crippen molar-refractivity contribution in [1.29, 1.82) is 0 Å². The van der Waals surface area contributed by atoms with E-state index >= 15 is 0 Å². The summed E-state index contributed by atoms with van der Waals surface area (Å²) in [4.78, 5) is 14.2. The second-order valence-electron chi connectivity index (χ2n) is 6.27. The Labute approximate surface area is 148 Å². The summed E-state index contributed by atoms with van der Waals surface area (Å²) in [5, 5.41) is 12.1. The lowest BCUT2D eigenvalue weighted by Gasteiger charge is -2.23. The molecule has 2 amide bonds. The minimum Gasteiger partial charge on any atom is -0.489 e. The minimum atomic E-state index is -0.152. The highest BCUT2D eigenvalue weighted by Gasteiger charge is 2.32. The van der Waals surface area contributed by atoms with Gasteiger partial charge in [-0.25, -0.2) is 4.79 Å². The number of amides is 2. The lowest BCUT2D eigenvalue weighted by Crippen LogP contribution is -2.38. The molecule has 1 aliphatic rings. The Morgan fingerprint density at radius 1 is 1.20 bits per heavy atom. The van der Waals surface area contributed by atoms with Gasteiger partial charge in [0.05, 0.1) is 6.61 Å². The van der Waals surface area contributed by atoms with Crippen LogP contribution in [0.2, 0.25) is 0 Å². The Hall–Kier alpha value is -2.53. The fraction of sp³-hybridized carbons (Fsp3) is 0.350. The second kappa shape index (κ2) is 8.03. The number of nitrogens with zero attached hydrogens (tertiary/aromatic N) is 1. The third kappa shape index (κ3) is 4.51. The number of hydrogen-bond acceptors (Lipinski definition) is 3. The number of carbonyl (C=O) groups excluding carboxylic acids is 1. The van der Waals surface area contributed by atoms with Crippen LogP contribution in [0, 0.1) is 6.92 Å². The molecule has 2 N–H and O–H groups in total. The monoisotopic (exact) mass is 340 g/mol. The Kier molecular flexibility index (Phi) is 5.56. The summed E-state index contributed by atoms with van der Waals surface area (Å²) in [6.07, 6.45) is 2.02. The van der Waals surface area contributed by atoms with E-state index in [9.17, 15) is 4.79 Å². The fourth-order valence-electron chi connectivity index (χ4n) is 2.78. The van der Waals surface area contributed by atoms with E-state index in [0.717, 1.165) is 35.4 Å². The number of urea groups is 1. The van der Waals surface area contributed by atoms with Crippen LogP contribution in [0.15, 0.2) is 48.5 Å². The Morgan fingerprint density at radius 2 is 1.96 bits per heavy atom. The van der Waals surface area contributed by atoms with E-state index in [2.05, 4.69) is 5.32 Å². The third-order valence-corrected chi connectivity index (χ3v) is 4.41. The molecule has 132 valence electrons. The number of aliphatic hydroxyl groups excluding tert-OH is 1. The summed E-state index contributed by atoms with van der Waals surface area (Å²) in [5.74, 6) is 0.819. The molecule has 0 spiro atoms. The van der Waals surface area contributed by atoms with Crippen LogP contribution in [-0.4, -0.2) is 35.2 Å². The SMILES string of the molecule is Cc1c(COc2ccccc2)cccc1NC(=O)N(CCO)C1CC1. The predicted octanol–water partition coefficient (Wildman–Crippen LogP) is 3.56. The van der Waals surface area contributed by atoms with E-state index in [1.54, 1.807) is 4.90 Å². The standard InChI is InChI=1S/C20H24N2O3/c1-15-16(14-25-18-7-3-2-4-8-18)6-5-9-19(15)21-20(24)22(12-13-23)17-10-11-17/h2-9,17,23H,10-14H2,1H3,(H,21,24). The minimum absolute atomic E-state index is 0.0200. The molecule has 2 aromatic carbocycles. The van der Waals surface area contributed by atoms with E-state index in [1.807, 2.05) is 55.5 Å². The van der Waals surface area contributed by atoms with Crippen LogP contribution in [0.3, 0.4) is 0 Å². The molecule has 0 atom stereocenters. The van der Waals surface area contributed by atoms with Gasteiger partial charge in [-0.15, -0.1) is 0 Å². The number of rotatable bonds is 7. The summed E-state index contributed by atoms with van der Waals surface area (Å²) >= 11 is 0. The maximum absolute atomic E-state index is 12.5. The Bertz CT molecular complexity index is 714. The molecule has 0 radical (unpaired) electrons. The molecule has 0 aromatic heterocycles. The molecule has 1 saturated carbocycles. The van der Waals surface area contributed by atoms with Crippen LogP contribution in [0.1, 0.15) is 24.0 Å². The maximum Gasteiger partial charge on any atom is 0.322 e. The first kappa shape index (κ1) is 17.3. The van der Waals surface area contributed by atoms with Crippen molar-refractivity contribution in [3.63, 3.8) is 0 Å². The van der Waals surface area contributed by atoms with Crippen LogP contribution in [-0.2, 0) is 6.61 Å². The van der Waals surface area contributed by atoms with Gasteiger partial charge in [0.25, 0.3) is 0 Å². The number of aliphatic hydroxyl groups is 1. The number of para-hydroxylation sites is 1. The molecule has 2 aromatic rings. The highest BCUT2D eigenvalue weighted by atomic mass is 16.5. The molecule has 0 aliphatic heterocycles.